The highest BCUT2D eigenvalue weighted by Gasteiger charge is 2.24. The van der Waals surface area contributed by atoms with Gasteiger partial charge in [-0.2, -0.15) is 0 Å². The summed E-state index contributed by atoms with van der Waals surface area (Å²) < 4.78 is 5.96. The summed E-state index contributed by atoms with van der Waals surface area (Å²) >= 11 is 2.38. The van der Waals surface area contributed by atoms with Crippen LogP contribution in [-0.4, -0.2) is 28.3 Å². The molecule has 1 heterocycles. The number of rotatable bonds is 2. The van der Waals surface area contributed by atoms with E-state index in [1.54, 1.807) is 0 Å². The minimum absolute atomic E-state index is 0.254. The first-order valence-electron chi connectivity index (χ1n) is 3.21. The largest absolute Gasteiger partial charge is 0.396 e. The van der Waals surface area contributed by atoms with Crippen molar-refractivity contribution in [3.8, 4) is 0 Å². The zero-order chi connectivity index (χ0) is 6.69. The topological polar surface area (TPSA) is 29.5 Å². The van der Waals surface area contributed by atoms with Crippen molar-refractivity contribution in [2.75, 3.05) is 13.2 Å². The van der Waals surface area contributed by atoms with Crippen LogP contribution in [-0.2, 0) is 4.74 Å². The number of halogens is 1. The second-order valence-electron chi connectivity index (χ2n) is 2.23. The molecule has 0 aromatic carbocycles. The summed E-state index contributed by atoms with van der Waals surface area (Å²) in [6, 6.07) is 0. The number of hydrogen-bond donors (Lipinski definition) is 1. The van der Waals surface area contributed by atoms with Gasteiger partial charge >= 0.3 is 0 Å². The second-order valence-corrected chi connectivity index (χ2v) is 3.83. The van der Waals surface area contributed by atoms with E-state index < -0.39 is 0 Å². The minimum Gasteiger partial charge on any atom is -0.396 e. The molecule has 0 aromatic heterocycles. The van der Waals surface area contributed by atoms with Crippen LogP contribution in [0.5, 0.6) is 0 Å². The van der Waals surface area contributed by atoms with Gasteiger partial charge in [-0.3, -0.25) is 0 Å². The third-order valence-corrected chi connectivity index (χ3v) is 2.97. The molecule has 1 aliphatic heterocycles. The molecule has 2 nitrogen and oxygen atoms in total. The molecule has 1 N–H and O–H groups in total. The molecular formula is C6H11IO2. The maximum Gasteiger partial charge on any atom is 0.0715 e. The van der Waals surface area contributed by atoms with Crippen LogP contribution >= 0.6 is 22.6 Å². The van der Waals surface area contributed by atoms with Crippen LogP contribution in [0.25, 0.3) is 0 Å². The van der Waals surface area contributed by atoms with E-state index in [4.69, 9.17) is 9.84 Å². The lowest BCUT2D eigenvalue weighted by Gasteiger charge is -2.09. The third-order valence-electron chi connectivity index (χ3n) is 1.54. The normalized spacial score (nSPS) is 35.3. The monoisotopic (exact) mass is 242 g/mol. The molecule has 54 valence electrons. The van der Waals surface area contributed by atoms with Crippen molar-refractivity contribution >= 4 is 22.6 Å². The lowest BCUT2D eigenvalue weighted by atomic mass is 10.2. The Bertz CT molecular complexity index is 87.1. The van der Waals surface area contributed by atoms with Crippen molar-refractivity contribution in [1.29, 1.82) is 0 Å². The number of ether oxygens (including phenoxy) is 1. The lowest BCUT2D eigenvalue weighted by Crippen LogP contribution is -2.16. The molecule has 1 saturated heterocycles. The highest BCUT2D eigenvalue weighted by Crippen LogP contribution is 2.23. The predicted molar refractivity (Wildman–Crippen MR) is 43.9 cm³/mol. The van der Waals surface area contributed by atoms with E-state index in [1.807, 2.05) is 0 Å². The fourth-order valence-corrected chi connectivity index (χ4v) is 1.84. The van der Waals surface area contributed by atoms with E-state index in [2.05, 4.69) is 22.6 Å². The minimum atomic E-state index is 0.254. The van der Waals surface area contributed by atoms with Crippen LogP contribution < -0.4 is 0 Å². The molecule has 9 heavy (non-hydrogen) atoms. The van der Waals surface area contributed by atoms with Crippen LogP contribution in [0.4, 0.5) is 0 Å². The summed E-state index contributed by atoms with van der Waals surface area (Å²) in [6.07, 6.45) is 2.26. The maximum absolute atomic E-state index is 8.56. The Hall–Kier alpha value is 0.650. The van der Waals surface area contributed by atoms with Crippen molar-refractivity contribution in [2.45, 2.75) is 22.9 Å². The van der Waals surface area contributed by atoms with Crippen LogP contribution in [0.2, 0.25) is 0 Å². The van der Waals surface area contributed by atoms with Crippen molar-refractivity contribution < 1.29 is 9.84 Å². The van der Waals surface area contributed by atoms with Crippen molar-refractivity contribution in [3.05, 3.63) is 0 Å². The van der Waals surface area contributed by atoms with Crippen molar-refractivity contribution in [3.63, 3.8) is 0 Å². The van der Waals surface area contributed by atoms with Gasteiger partial charge in [-0.1, -0.05) is 22.6 Å². The SMILES string of the molecule is OCCC1OCCC1I. The summed E-state index contributed by atoms with van der Waals surface area (Å²) in [6.45, 7) is 1.13. The highest BCUT2D eigenvalue weighted by molar-refractivity contribution is 14.1. The first kappa shape index (κ1) is 7.75. The van der Waals surface area contributed by atoms with Crippen LogP contribution in [0.15, 0.2) is 0 Å². The summed E-state index contributed by atoms with van der Waals surface area (Å²) in [5, 5.41) is 8.56. The lowest BCUT2D eigenvalue weighted by molar-refractivity contribution is 0.0902. The fourth-order valence-electron chi connectivity index (χ4n) is 1.01. The molecule has 0 radical (unpaired) electrons. The van der Waals surface area contributed by atoms with E-state index in [9.17, 15) is 0 Å². The molecule has 0 saturated carbocycles. The van der Waals surface area contributed by atoms with E-state index in [1.165, 1.54) is 0 Å². The van der Waals surface area contributed by atoms with Gasteiger partial charge in [-0.15, -0.1) is 0 Å². The van der Waals surface area contributed by atoms with Crippen LogP contribution in [0, 0.1) is 0 Å². The molecule has 0 amide bonds. The first-order chi connectivity index (χ1) is 4.34. The maximum atomic E-state index is 8.56. The Morgan fingerprint density at radius 2 is 2.44 bits per heavy atom. The molecule has 0 spiro atoms. The van der Waals surface area contributed by atoms with Gasteiger partial charge < -0.3 is 9.84 Å². The standard InChI is InChI=1S/C6H11IO2/c7-5-2-4-9-6(5)1-3-8/h5-6,8H,1-4H2. The quantitative estimate of drug-likeness (QED) is 0.577. The molecule has 1 rings (SSSR count). The Balaban J connectivity index is 2.22. The molecule has 0 aromatic rings. The van der Waals surface area contributed by atoms with Crippen molar-refractivity contribution in [1.82, 2.24) is 0 Å². The predicted octanol–water partition coefficient (Wildman–Crippen LogP) is 0.961. The summed E-state index contributed by atoms with van der Waals surface area (Å²) in [4.78, 5) is 0. The molecule has 1 fully saturated rings. The molecule has 3 heteroatoms. The van der Waals surface area contributed by atoms with Crippen LogP contribution in [0.1, 0.15) is 12.8 Å². The molecule has 0 bridgehead atoms. The van der Waals surface area contributed by atoms with Gasteiger partial charge in [0, 0.05) is 17.1 Å². The van der Waals surface area contributed by atoms with Gasteiger partial charge in [0.2, 0.25) is 0 Å². The average Bonchev–Trinajstić information content (AvgIpc) is 2.18. The number of hydrogen-bond acceptors (Lipinski definition) is 2. The van der Waals surface area contributed by atoms with E-state index in [0.29, 0.717) is 10.0 Å². The van der Waals surface area contributed by atoms with E-state index in [-0.39, 0.29) is 6.61 Å². The second kappa shape index (κ2) is 3.73. The Labute approximate surface area is 68.7 Å². The van der Waals surface area contributed by atoms with Gasteiger partial charge in [0.15, 0.2) is 0 Å². The third kappa shape index (κ3) is 2.05. The van der Waals surface area contributed by atoms with E-state index >= 15 is 0 Å². The van der Waals surface area contributed by atoms with Crippen LogP contribution in [0.3, 0.4) is 0 Å². The van der Waals surface area contributed by atoms with Gasteiger partial charge in [0.05, 0.1) is 6.10 Å². The zero-order valence-corrected chi connectivity index (χ0v) is 7.37. The zero-order valence-electron chi connectivity index (χ0n) is 5.22. The van der Waals surface area contributed by atoms with E-state index in [0.717, 1.165) is 19.4 Å². The van der Waals surface area contributed by atoms with Gasteiger partial charge in [-0.05, 0) is 12.8 Å². The van der Waals surface area contributed by atoms with Gasteiger partial charge in [0.1, 0.15) is 0 Å². The average molecular weight is 242 g/mol. The number of aliphatic hydroxyl groups is 1. The number of aliphatic hydroxyl groups excluding tert-OH is 1. The molecule has 2 atom stereocenters. The van der Waals surface area contributed by atoms with Crippen molar-refractivity contribution in [2.24, 2.45) is 0 Å². The van der Waals surface area contributed by atoms with Gasteiger partial charge in [-0.25, -0.2) is 0 Å². The highest BCUT2D eigenvalue weighted by atomic mass is 127. The molecule has 0 aliphatic carbocycles. The fraction of sp³-hybridized carbons (Fsp3) is 1.00. The molecule has 1 aliphatic rings. The molecular weight excluding hydrogens is 231 g/mol. The first-order valence-corrected chi connectivity index (χ1v) is 4.45. The Morgan fingerprint density at radius 3 is 2.89 bits per heavy atom. The van der Waals surface area contributed by atoms with Gasteiger partial charge in [0.25, 0.3) is 0 Å². The Kier molecular flexibility index (Phi) is 3.21. The summed E-state index contributed by atoms with van der Waals surface area (Å²) in [5.41, 5.74) is 0. The smallest absolute Gasteiger partial charge is 0.0715 e. The number of alkyl halides is 1. The Morgan fingerprint density at radius 1 is 1.67 bits per heavy atom. The summed E-state index contributed by atoms with van der Waals surface area (Å²) in [5.74, 6) is 0. The summed E-state index contributed by atoms with van der Waals surface area (Å²) in [7, 11) is 0. The molecule has 2 unspecified atom stereocenters.